The summed E-state index contributed by atoms with van der Waals surface area (Å²) >= 11 is 0. The zero-order valence-electron chi connectivity index (χ0n) is 19.9. The van der Waals surface area contributed by atoms with Crippen LogP contribution >= 0.6 is 0 Å². The molecule has 1 amide bonds. The Morgan fingerprint density at radius 2 is 1.91 bits per heavy atom. The van der Waals surface area contributed by atoms with Gasteiger partial charge in [0.15, 0.2) is 5.82 Å². The minimum absolute atomic E-state index is 0.0726. The van der Waals surface area contributed by atoms with Gasteiger partial charge in [0.1, 0.15) is 29.1 Å². The van der Waals surface area contributed by atoms with Gasteiger partial charge in [-0.3, -0.25) is 0 Å². The molecule has 3 aromatic rings. The van der Waals surface area contributed by atoms with Crippen LogP contribution in [0.1, 0.15) is 39.2 Å². The molecule has 2 unspecified atom stereocenters. The van der Waals surface area contributed by atoms with E-state index >= 15 is 0 Å². The Bertz CT molecular complexity index is 1240. The lowest BCUT2D eigenvalue weighted by atomic mass is 9.91. The van der Waals surface area contributed by atoms with Crippen LogP contribution in [-0.2, 0) is 4.74 Å². The second-order valence-corrected chi connectivity index (χ2v) is 9.99. The van der Waals surface area contributed by atoms with Crippen LogP contribution in [-0.4, -0.2) is 56.7 Å². The molecule has 0 spiro atoms. The largest absolute Gasteiger partial charge is 0.444 e. The number of ether oxygens (including phenoxy) is 1. The van der Waals surface area contributed by atoms with Crippen molar-refractivity contribution in [2.45, 2.75) is 58.2 Å². The molecule has 3 saturated heterocycles. The molecule has 0 saturated carbocycles. The molecule has 0 radical (unpaired) electrons. The summed E-state index contributed by atoms with van der Waals surface area (Å²) in [7, 11) is 0. The lowest BCUT2D eigenvalue weighted by Crippen LogP contribution is -2.64. The predicted molar refractivity (Wildman–Crippen MR) is 129 cm³/mol. The number of nitrogens with one attached hydrogen (secondary N) is 1. The topological polar surface area (TPSA) is 83.5 Å². The average molecular weight is 465 g/mol. The van der Waals surface area contributed by atoms with Crippen molar-refractivity contribution in [1.29, 1.82) is 0 Å². The third-order valence-corrected chi connectivity index (χ3v) is 6.36. The number of hydrogen-bond donors (Lipinski definition) is 1. The first-order valence-electron chi connectivity index (χ1n) is 11.6. The fraction of sp³-hybridized carbons (Fsp3) is 0.440. The van der Waals surface area contributed by atoms with Gasteiger partial charge in [-0.25, -0.2) is 24.1 Å². The molecule has 1 aromatic carbocycles. The van der Waals surface area contributed by atoms with E-state index in [0.29, 0.717) is 41.2 Å². The molecule has 34 heavy (non-hydrogen) atoms. The highest BCUT2D eigenvalue weighted by Crippen LogP contribution is 2.34. The molecule has 6 rings (SSSR count). The summed E-state index contributed by atoms with van der Waals surface area (Å²) in [5.74, 6) is 0.934. The van der Waals surface area contributed by atoms with Crippen LogP contribution in [0.2, 0.25) is 0 Å². The Kier molecular flexibility index (Phi) is 5.50. The zero-order chi connectivity index (χ0) is 24.0. The minimum atomic E-state index is -0.520. The van der Waals surface area contributed by atoms with Gasteiger partial charge in [-0.2, -0.15) is 0 Å². The maximum absolute atomic E-state index is 14.6. The summed E-state index contributed by atoms with van der Waals surface area (Å²) in [5, 5.41) is 3.09. The summed E-state index contributed by atoms with van der Waals surface area (Å²) in [4.78, 5) is 30.4. The predicted octanol–water partition coefficient (Wildman–Crippen LogP) is 4.80. The van der Waals surface area contributed by atoms with Gasteiger partial charge >= 0.3 is 6.09 Å². The number of pyridine rings is 1. The lowest BCUT2D eigenvalue weighted by molar-refractivity contribution is 0.000791. The van der Waals surface area contributed by atoms with Crippen molar-refractivity contribution in [3.8, 4) is 0 Å². The zero-order valence-corrected chi connectivity index (χ0v) is 19.9. The molecule has 1 N–H and O–H groups in total. The Labute approximate surface area is 198 Å². The molecule has 5 heterocycles. The number of halogens is 1. The van der Waals surface area contributed by atoms with Gasteiger partial charge in [-0.05, 0) is 64.3 Å². The van der Waals surface area contributed by atoms with Gasteiger partial charge in [-0.15, -0.1) is 0 Å². The molecule has 3 aliphatic heterocycles. The highest BCUT2D eigenvalue weighted by atomic mass is 19.1. The van der Waals surface area contributed by atoms with Gasteiger partial charge in [0.25, 0.3) is 0 Å². The third-order valence-electron chi connectivity index (χ3n) is 6.36. The maximum Gasteiger partial charge on any atom is 0.410 e. The second kappa shape index (κ2) is 8.38. The maximum atomic E-state index is 14.6. The fourth-order valence-corrected chi connectivity index (χ4v) is 4.71. The molecule has 0 aliphatic carbocycles. The first-order chi connectivity index (χ1) is 16.2. The number of carbonyl (C=O) groups is 1. The van der Waals surface area contributed by atoms with E-state index in [1.54, 1.807) is 25.1 Å². The van der Waals surface area contributed by atoms with E-state index in [1.807, 2.05) is 37.8 Å². The van der Waals surface area contributed by atoms with E-state index in [-0.39, 0.29) is 24.0 Å². The number of aromatic nitrogens is 3. The molecular formula is C25H29FN6O2. The van der Waals surface area contributed by atoms with Crippen LogP contribution in [0.5, 0.6) is 0 Å². The number of hydrogen-bond acceptors (Lipinski definition) is 7. The van der Waals surface area contributed by atoms with Gasteiger partial charge < -0.3 is 19.9 Å². The summed E-state index contributed by atoms with van der Waals surface area (Å²) in [6.45, 7) is 8.66. The van der Waals surface area contributed by atoms with Crippen molar-refractivity contribution in [3.63, 3.8) is 0 Å². The Morgan fingerprint density at radius 3 is 2.65 bits per heavy atom. The highest BCUT2D eigenvalue weighted by Gasteiger charge is 2.43. The number of amides is 1. The molecule has 2 atom stereocenters. The van der Waals surface area contributed by atoms with Crippen LogP contribution in [0.4, 0.5) is 26.5 Å². The number of fused-ring (bicyclic) bond motifs is 4. The number of rotatable bonds is 3. The van der Waals surface area contributed by atoms with Crippen molar-refractivity contribution in [2.24, 2.45) is 0 Å². The van der Waals surface area contributed by atoms with Crippen molar-refractivity contribution in [2.75, 3.05) is 23.3 Å². The quantitative estimate of drug-likeness (QED) is 0.596. The van der Waals surface area contributed by atoms with Crippen LogP contribution in [0.15, 0.2) is 36.7 Å². The smallest absolute Gasteiger partial charge is 0.410 e. The number of piperazine rings is 1. The Hall–Kier alpha value is -3.49. The summed E-state index contributed by atoms with van der Waals surface area (Å²) in [6, 6.07) is 9.27. The van der Waals surface area contributed by atoms with Crippen molar-refractivity contribution in [1.82, 2.24) is 19.9 Å². The average Bonchev–Trinajstić information content (AvgIpc) is 2.81. The van der Waals surface area contributed by atoms with Crippen molar-refractivity contribution < 1.29 is 13.9 Å². The van der Waals surface area contributed by atoms with Gasteiger partial charge in [0.05, 0.1) is 17.2 Å². The minimum Gasteiger partial charge on any atom is -0.444 e. The normalized spacial score (nSPS) is 20.0. The number of carbonyl (C=O) groups excluding carboxylic acids is 1. The lowest BCUT2D eigenvalue weighted by Gasteiger charge is -2.51. The van der Waals surface area contributed by atoms with Crippen molar-refractivity contribution >= 4 is 34.4 Å². The molecule has 8 nitrogen and oxygen atoms in total. The molecule has 3 fully saturated rings. The summed E-state index contributed by atoms with van der Waals surface area (Å²) in [5.41, 5.74) is 1.62. The highest BCUT2D eigenvalue weighted by molar-refractivity contribution is 5.88. The van der Waals surface area contributed by atoms with Crippen LogP contribution in [0.25, 0.3) is 11.0 Å². The van der Waals surface area contributed by atoms with Gasteiger partial charge in [0.2, 0.25) is 0 Å². The van der Waals surface area contributed by atoms with Crippen LogP contribution in [0, 0.1) is 12.7 Å². The standard InChI is InChI=1S/C25H29FN6O2/c1-15-6-5-7-18(21(15)26)29-23-22-19(27-14-28-23)10-11-20(30-22)31-12-17-9-8-16(31)13-32(17)24(33)34-25(2,3)4/h5-7,10-11,14,16-17H,8-9,12-13H2,1-4H3,(H,27,28,29). The van der Waals surface area contributed by atoms with Gasteiger partial charge in [-0.1, -0.05) is 12.1 Å². The Balaban J connectivity index is 1.42. The van der Waals surface area contributed by atoms with E-state index < -0.39 is 5.60 Å². The number of benzene rings is 1. The van der Waals surface area contributed by atoms with Crippen LogP contribution < -0.4 is 10.2 Å². The molecule has 3 aliphatic rings. The third kappa shape index (κ3) is 4.22. The first kappa shape index (κ1) is 22.3. The second-order valence-electron chi connectivity index (χ2n) is 9.99. The van der Waals surface area contributed by atoms with E-state index in [1.165, 1.54) is 6.33 Å². The number of anilines is 3. The molecular weight excluding hydrogens is 435 g/mol. The Morgan fingerprint density at radius 1 is 1.12 bits per heavy atom. The monoisotopic (exact) mass is 464 g/mol. The van der Waals surface area contributed by atoms with E-state index in [0.717, 1.165) is 18.7 Å². The van der Waals surface area contributed by atoms with E-state index in [2.05, 4.69) is 20.2 Å². The SMILES string of the molecule is Cc1cccc(Nc2ncnc3ccc(N4CC5CCC4CN5C(=O)OC(C)(C)C)nc23)c1F. The van der Waals surface area contributed by atoms with E-state index in [4.69, 9.17) is 9.72 Å². The van der Waals surface area contributed by atoms with Crippen molar-refractivity contribution in [3.05, 3.63) is 48.0 Å². The van der Waals surface area contributed by atoms with E-state index in [9.17, 15) is 9.18 Å². The molecule has 2 aromatic heterocycles. The summed E-state index contributed by atoms with van der Waals surface area (Å²) < 4.78 is 20.2. The molecule has 2 bridgehead atoms. The number of piperidine rings is 2. The first-order valence-corrected chi connectivity index (χ1v) is 11.6. The number of nitrogens with zero attached hydrogens (tertiary/aromatic N) is 5. The molecule has 9 heteroatoms. The summed E-state index contributed by atoms with van der Waals surface area (Å²) in [6.07, 6.45) is 3.11. The fourth-order valence-electron chi connectivity index (χ4n) is 4.71. The van der Waals surface area contributed by atoms with Gasteiger partial charge in [0, 0.05) is 19.1 Å². The number of aryl methyl sites for hydroxylation is 1. The van der Waals surface area contributed by atoms with Crippen LogP contribution in [0.3, 0.4) is 0 Å². The molecule has 178 valence electrons.